The molecule has 8 nitrogen and oxygen atoms in total. The number of methoxy groups -OCH3 is 2. The average Bonchev–Trinajstić information content (AvgIpc) is 2.68. The van der Waals surface area contributed by atoms with Gasteiger partial charge in [-0.2, -0.15) is 0 Å². The van der Waals surface area contributed by atoms with Crippen LogP contribution in [0.5, 0.6) is 17.4 Å². The van der Waals surface area contributed by atoms with Crippen LogP contribution in [0, 0.1) is 0 Å². The first-order chi connectivity index (χ1) is 13.0. The van der Waals surface area contributed by atoms with Crippen LogP contribution in [0.2, 0.25) is 0 Å². The van der Waals surface area contributed by atoms with Crippen LogP contribution >= 0.6 is 0 Å². The van der Waals surface area contributed by atoms with Crippen molar-refractivity contribution in [2.45, 2.75) is 37.9 Å². The third kappa shape index (κ3) is 4.50. The lowest BCUT2D eigenvalue weighted by Crippen LogP contribution is -2.33. The van der Waals surface area contributed by atoms with E-state index < -0.39 is 0 Å². The second-order valence-electron chi connectivity index (χ2n) is 6.70. The maximum atomic E-state index is 11.6. The molecule has 146 valence electrons. The third-order valence-electron chi connectivity index (χ3n) is 4.57. The molecule has 1 aliphatic rings. The fourth-order valence-corrected chi connectivity index (χ4v) is 3.07. The molecule has 1 aromatic heterocycles. The molecule has 0 aliphatic heterocycles. The second-order valence-corrected chi connectivity index (χ2v) is 6.70. The van der Waals surface area contributed by atoms with E-state index in [1.807, 2.05) is 0 Å². The third-order valence-corrected chi connectivity index (χ3v) is 4.57. The van der Waals surface area contributed by atoms with Crippen LogP contribution < -0.4 is 14.2 Å². The molecule has 1 saturated carbocycles. The maximum absolute atomic E-state index is 11.6. The van der Waals surface area contributed by atoms with E-state index in [4.69, 9.17) is 18.9 Å². The summed E-state index contributed by atoms with van der Waals surface area (Å²) in [4.78, 5) is 22.0. The number of carbonyl (C=O) groups excluding carboxylic acids is 1. The minimum absolute atomic E-state index is 0.0335. The predicted octanol–water partition coefficient (Wildman–Crippen LogP) is 3.04. The summed E-state index contributed by atoms with van der Waals surface area (Å²) in [5.74, 6) is 1.68. The van der Waals surface area contributed by atoms with Crippen LogP contribution in [0.25, 0.3) is 11.0 Å². The van der Waals surface area contributed by atoms with E-state index in [0.717, 1.165) is 25.7 Å². The smallest absolute Gasteiger partial charge is 0.409 e. The molecule has 0 unspecified atom stereocenters. The lowest BCUT2D eigenvalue weighted by Gasteiger charge is -2.29. The first-order valence-electron chi connectivity index (χ1n) is 8.93. The number of rotatable bonds is 5. The van der Waals surface area contributed by atoms with E-state index in [0.29, 0.717) is 28.4 Å². The summed E-state index contributed by atoms with van der Waals surface area (Å²) in [5, 5.41) is 0. The summed E-state index contributed by atoms with van der Waals surface area (Å²) in [6.07, 6.45) is 4.45. The van der Waals surface area contributed by atoms with Crippen molar-refractivity contribution in [2.24, 2.45) is 0 Å². The molecule has 1 heterocycles. The maximum Gasteiger partial charge on any atom is 0.409 e. The Morgan fingerprint density at radius 3 is 2.19 bits per heavy atom. The van der Waals surface area contributed by atoms with Gasteiger partial charge in [-0.25, -0.2) is 14.8 Å². The number of hydrogen-bond donors (Lipinski definition) is 0. The highest BCUT2D eigenvalue weighted by Gasteiger charge is 2.26. The average molecular weight is 375 g/mol. The molecule has 0 atom stereocenters. The first-order valence-corrected chi connectivity index (χ1v) is 8.93. The summed E-state index contributed by atoms with van der Waals surface area (Å²) >= 11 is 0. The zero-order valence-corrected chi connectivity index (χ0v) is 16.1. The number of amides is 1. The van der Waals surface area contributed by atoms with Gasteiger partial charge in [0, 0.05) is 26.2 Å². The summed E-state index contributed by atoms with van der Waals surface area (Å²) in [6.45, 7) is 0. The molecule has 2 aromatic rings. The molecular formula is C19H25N3O5. The molecule has 1 aromatic carbocycles. The molecule has 1 aliphatic carbocycles. The molecule has 0 spiro atoms. The largest absolute Gasteiger partial charge is 0.493 e. The first kappa shape index (κ1) is 19.0. The van der Waals surface area contributed by atoms with E-state index in [1.165, 1.54) is 4.90 Å². The Hall–Kier alpha value is -2.77. The van der Waals surface area contributed by atoms with Crippen LogP contribution in [0.4, 0.5) is 4.79 Å². The Bertz CT molecular complexity index is 803. The zero-order valence-electron chi connectivity index (χ0n) is 16.1. The van der Waals surface area contributed by atoms with Crippen molar-refractivity contribution in [3.63, 3.8) is 0 Å². The van der Waals surface area contributed by atoms with Crippen molar-refractivity contribution in [3.05, 3.63) is 18.3 Å². The standard InChI is InChI=1S/C19H25N3O5/c1-22(2)19(23)27-13-7-5-12(6-8-13)26-18-11-20-14-9-16(24-3)17(25-4)10-15(14)21-18/h9-13H,5-8H2,1-4H3. The second kappa shape index (κ2) is 8.28. The predicted molar refractivity (Wildman–Crippen MR) is 99.5 cm³/mol. The van der Waals surface area contributed by atoms with E-state index in [1.54, 1.807) is 46.6 Å². The van der Waals surface area contributed by atoms with Crippen molar-refractivity contribution in [1.29, 1.82) is 0 Å². The van der Waals surface area contributed by atoms with Crippen molar-refractivity contribution >= 4 is 17.1 Å². The Morgan fingerprint density at radius 1 is 1.00 bits per heavy atom. The lowest BCUT2D eigenvalue weighted by atomic mass is 9.95. The normalized spacial score (nSPS) is 19.4. The Kier molecular flexibility index (Phi) is 5.83. The van der Waals surface area contributed by atoms with Gasteiger partial charge in [-0.3, -0.25) is 0 Å². The highest BCUT2D eigenvalue weighted by molar-refractivity contribution is 5.79. The molecular weight excluding hydrogens is 350 g/mol. The van der Waals surface area contributed by atoms with E-state index in [9.17, 15) is 4.79 Å². The van der Waals surface area contributed by atoms with Gasteiger partial charge in [-0.1, -0.05) is 0 Å². The number of carbonyl (C=O) groups is 1. The van der Waals surface area contributed by atoms with Crippen molar-refractivity contribution in [3.8, 4) is 17.4 Å². The zero-order chi connectivity index (χ0) is 19.4. The molecule has 0 radical (unpaired) electrons. The highest BCUT2D eigenvalue weighted by Crippen LogP contribution is 2.32. The van der Waals surface area contributed by atoms with Gasteiger partial charge >= 0.3 is 6.09 Å². The van der Waals surface area contributed by atoms with E-state index >= 15 is 0 Å². The quantitative estimate of drug-likeness (QED) is 0.794. The molecule has 27 heavy (non-hydrogen) atoms. The van der Waals surface area contributed by atoms with Gasteiger partial charge in [0.1, 0.15) is 12.2 Å². The molecule has 0 N–H and O–H groups in total. The van der Waals surface area contributed by atoms with Crippen molar-refractivity contribution < 1.29 is 23.7 Å². The fraction of sp³-hybridized carbons (Fsp3) is 0.526. The summed E-state index contributed by atoms with van der Waals surface area (Å²) in [6, 6.07) is 3.57. The van der Waals surface area contributed by atoms with Crippen LogP contribution in [-0.2, 0) is 4.74 Å². The Balaban J connectivity index is 1.63. The van der Waals surface area contributed by atoms with E-state index in [2.05, 4.69) is 9.97 Å². The molecule has 1 fully saturated rings. The summed E-state index contributed by atoms with van der Waals surface area (Å²) in [7, 11) is 6.53. The molecule has 8 heteroatoms. The number of nitrogens with zero attached hydrogens (tertiary/aromatic N) is 3. The fourth-order valence-electron chi connectivity index (χ4n) is 3.07. The molecule has 0 bridgehead atoms. The van der Waals surface area contributed by atoms with Crippen molar-refractivity contribution in [2.75, 3.05) is 28.3 Å². The van der Waals surface area contributed by atoms with Gasteiger partial charge in [0.25, 0.3) is 0 Å². The number of hydrogen-bond acceptors (Lipinski definition) is 7. The highest BCUT2D eigenvalue weighted by atomic mass is 16.6. The number of ether oxygens (including phenoxy) is 4. The number of benzene rings is 1. The van der Waals surface area contributed by atoms with Gasteiger partial charge < -0.3 is 23.8 Å². The van der Waals surface area contributed by atoms with Crippen LogP contribution in [0.1, 0.15) is 25.7 Å². The topological polar surface area (TPSA) is 83.0 Å². The van der Waals surface area contributed by atoms with Gasteiger partial charge in [0.05, 0.1) is 31.4 Å². The SMILES string of the molecule is COc1cc2ncc(OC3CCC(OC(=O)N(C)C)CC3)nc2cc1OC. The Labute approximate surface area is 158 Å². The van der Waals surface area contributed by atoms with Gasteiger partial charge in [0.2, 0.25) is 5.88 Å². The van der Waals surface area contributed by atoms with Crippen molar-refractivity contribution in [1.82, 2.24) is 14.9 Å². The van der Waals surface area contributed by atoms with Gasteiger partial charge in [-0.05, 0) is 25.7 Å². The van der Waals surface area contributed by atoms with Gasteiger partial charge in [-0.15, -0.1) is 0 Å². The number of fused-ring (bicyclic) bond motifs is 1. The molecule has 1 amide bonds. The van der Waals surface area contributed by atoms with Crippen LogP contribution in [0.3, 0.4) is 0 Å². The lowest BCUT2D eigenvalue weighted by molar-refractivity contribution is 0.0287. The molecule has 0 saturated heterocycles. The Morgan fingerprint density at radius 2 is 1.59 bits per heavy atom. The monoisotopic (exact) mass is 375 g/mol. The summed E-state index contributed by atoms with van der Waals surface area (Å²) < 4.78 is 22.0. The van der Waals surface area contributed by atoms with Gasteiger partial charge in [0.15, 0.2) is 11.5 Å². The minimum Gasteiger partial charge on any atom is -0.493 e. The molecule has 3 rings (SSSR count). The van der Waals surface area contributed by atoms with Crippen LogP contribution in [0.15, 0.2) is 18.3 Å². The summed E-state index contributed by atoms with van der Waals surface area (Å²) in [5.41, 5.74) is 1.39. The van der Waals surface area contributed by atoms with Crippen LogP contribution in [-0.4, -0.2) is 61.5 Å². The van der Waals surface area contributed by atoms with E-state index in [-0.39, 0.29) is 18.3 Å². The minimum atomic E-state index is -0.302. The number of aromatic nitrogens is 2.